The summed E-state index contributed by atoms with van der Waals surface area (Å²) in [5, 5.41) is 16.0. The Labute approximate surface area is 110 Å². The van der Waals surface area contributed by atoms with E-state index in [-0.39, 0.29) is 0 Å². The molecule has 0 atom stereocenters. The predicted octanol–water partition coefficient (Wildman–Crippen LogP) is 4.04. The molecule has 0 spiro atoms. The number of hydrogen-bond acceptors (Lipinski definition) is 2. The van der Waals surface area contributed by atoms with E-state index in [2.05, 4.69) is 18.2 Å². The number of nitrogens with two attached hydrogens (primary N) is 1. The van der Waals surface area contributed by atoms with Crippen molar-refractivity contribution in [2.24, 2.45) is 0 Å². The second-order valence-corrected chi connectivity index (χ2v) is 4.84. The zero-order valence-electron chi connectivity index (χ0n) is 10.1. The van der Waals surface area contributed by atoms with Crippen LogP contribution in [0.4, 0.5) is 5.69 Å². The van der Waals surface area contributed by atoms with E-state index in [9.17, 15) is 5.26 Å². The average Bonchev–Trinajstić information content (AvgIpc) is 2.43. The normalized spacial score (nSPS) is 11.3. The first-order valence-electron chi connectivity index (χ1n) is 6.15. The van der Waals surface area contributed by atoms with Gasteiger partial charge in [0.15, 0.2) is 0 Å². The van der Waals surface area contributed by atoms with E-state index in [1.165, 1.54) is 5.39 Å². The van der Waals surface area contributed by atoms with Gasteiger partial charge in [-0.1, -0.05) is 30.3 Å². The Balaban J connectivity index is 2.41. The fourth-order valence-corrected chi connectivity index (χ4v) is 2.94. The van der Waals surface area contributed by atoms with E-state index in [0.29, 0.717) is 0 Å². The van der Waals surface area contributed by atoms with E-state index in [1.54, 1.807) is 0 Å². The molecule has 19 heavy (non-hydrogen) atoms. The highest BCUT2D eigenvalue weighted by atomic mass is 14.5. The Morgan fingerprint density at radius 2 is 1.42 bits per heavy atom. The summed E-state index contributed by atoms with van der Waals surface area (Å²) in [6.07, 6.45) is 0. The van der Waals surface area contributed by atoms with Crippen LogP contribution < -0.4 is 5.73 Å². The molecule has 4 rings (SSSR count). The quantitative estimate of drug-likeness (QED) is 0.373. The van der Waals surface area contributed by atoms with E-state index in [4.69, 9.17) is 5.73 Å². The first-order chi connectivity index (χ1) is 9.28. The number of nitriles is 1. The van der Waals surface area contributed by atoms with Crippen LogP contribution in [0.1, 0.15) is 5.56 Å². The Morgan fingerprint density at radius 3 is 2.16 bits per heavy atom. The van der Waals surface area contributed by atoms with Crippen molar-refractivity contribution >= 4 is 38.0 Å². The van der Waals surface area contributed by atoms with Crippen LogP contribution in [0, 0.1) is 11.3 Å². The van der Waals surface area contributed by atoms with E-state index in [1.807, 2.05) is 36.4 Å². The zero-order chi connectivity index (χ0) is 13.0. The van der Waals surface area contributed by atoms with Crippen LogP contribution >= 0.6 is 0 Å². The summed E-state index contributed by atoms with van der Waals surface area (Å²) in [5.74, 6) is 0. The summed E-state index contributed by atoms with van der Waals surface area (Å²) in [6.45, 7) is 0. The van der Waals surface area contributed by atoms with Gasteiger partial charge in [-0.05, 0) is 45.1 Å². The molecule has 2 N–H and O–H groups in total. The van der Waals surface area contributed by atoms with Crippen LogP contribution in [0.2, 0.25) is 0 Å². The molecule has 0 saturated carbocycles. The van der Waals surface area contributed by atoms with Crippen molar-refractivity contribution in [3.05, 3.63) is 54.1 Å². The summed E-state index contributed by atoms with van der Waals surface area (Å²) < 4.78 is 0. The first-order valence-corrected chi connectivity index (χ1v) is 6.15. The van der Waals surface area contributed by atoms with Gasteiger partial charge in [0.25, 0.3) is 0 Å². The smallest absolute Gasteiger partial charge is 0.0998 e. The fourth-order valence-electron chi connectivity index (χ4n) is 2.94. The molecule has 0 aromatic heterocycles. The van der Waals surface area contributed by atoms with Crippen LogP contribution in [0.25, 0.3) is 32.3 Å². The highest BCUT2D eigenvalue weighted by Crippen LogP contribution is 2.36. The first kappa shape index (κ1) is 10.2. The minimum atomic E-state index is 0.721. The Kier molecular flexibility index (Phi) is 1.80. The van der Waals surface area contributed by atoms with Crippen molar-refractivity contribution in [3.8, 4) is 6.07 Å². The summed E-state index contributed by atoms with van der Waals surface area (Å²) in [7, 11) is 0. The van der Waals surface area contributed by atoms with Crippen LogP contribution in [-0.4, -0.2) is 0 Å². The van der Waals surface area contributed by atoms with E-state index < -0.39 is 0 Å². The van der Waals surface area contributed by atoms with Crippen LogP contribution in [0.3, 0.4) is 0 Å². The summed E-state index contributed by atoms with van der Waals surface area (Å²) in [6, 6.07) is 18.4. The maximum absolute atomic E-state index is 9.24. The van der Waals surface area contributed by atoms with Crippen molar-refractivity contribution in [2.45, 2.75) is 0 Å². The van der Waals surface area contributed by atoms with Crippen LogP contribution in [0.5, 0.6) is 0 Å². The maximum atomic E-state index is 9.24. The third kappa shape index (κ3) is 1.24. The number of rotatable bonds is 0. The molecule has 0 heterocycles. The molecule has 88 valence electrons. The van der Waals surface area contributed by atoms with Gasteiger partial charge < -0.3 is 5.73 Å². The van der Waals surface area contributed by atoms with E-state index >= 15 is 0 Å². The van der Waals surface area contributed by atoms with Gasteiger partial charge >= 0.3 is 0 Å². The minimum absolute atomic E-state index is 0.721. The second-order valence-electron chi connectivity index (χ2n) is 4.84. The van der Waals surface area contributed by atoms with Gasteiger partial charge in [0, 0.05) is 11.1 Å². The van der Waals surface area contributed by atoms with Gasteiger partial charge in [-0.25, -0.2) is 0 Å². The summed E-state index contributed by atoms with van der Waals surface area (Å²) >= 11 is 0. The highest BCUT2D eigenvalue weighted by Gasteiger charge is 2.10. The molecule has 2 nitrogen and oxygen atoms in total. The molecule has 2 heteroatoms. The molecular weight excluding hydrogens is 232 g/mol. The molecule has 0 unspecified atom stereocenters. The second kappa shape index (κ2) is 3.37. The summed E-state index contributed by atoms with van der Waals surface area (Å²) in [4.78, 5) is 0. The molecule has 0 radical (unpaired) electrons. The number of hydrogen-bond donors (Lipinski definition) is 1. The zero-order valence-corrected chi connectivity index (χ0v) is 10.1. The molecule has 0 bridgehead atoms. The number of anilines is 1. The van der Waals surface area contributed by atoms with Crippen molar-refractivity contribution in [1.29, 1.82) is 5.26 Å². The molecule has 0 aliphatic rings. The molecular formula is C17H10N2. The predicted molar refractivity (Wildman–Crippen MR) is 79.3 cm³/mol. The monoisotopic (exact) mass is 242 g/mol. The summed E-state index contributed by atoms with van der Waals surface area (Å²) in [5.41, 5.74) is 7.43. The Bertz CT molecular complexity index is 958. The lowest BCUT2D eigenvalue weighted by molar-refractivity contribution is 1.51. The Hall–Kier alpha value is -2.79. The molecule has 0 saturated heterocycles. The van der Waals surface area contributed by atoms with Gasteiger partial charge in [-0.15, -0.1) is 0 Å². The van der Waals surface area contributed by atoms with Gasteiger partial charge in [-0.3, -0.25) is 0 Å². The fraction of sp³-hybridized carbons (Fsp3) is 0. The number of nitrogens with zero attached hydrogens (tertiary/aromatic N) is 1. The third-order valence-electron chi connectivity index (χ3n) is 3.74. The molecule has 0 amide bonds. The lowest BCUT2D eigenvalue weighted by Crippen LogP contribution is -1.89. The van der Waals surface area contributed by atoms with Crippen molar-refractivity contribution in [3.63, 3.8) is 0 Å². The van der Waals surface area contributed by atoms with Gasteiger partial charge in [0.2, 0.25) is 0 Å². The number of nitrogen functional groups attached to an aromatic ring is 1. The lowest BCUT2D eigenvalue weighted by atomic mass is 9.92. The minimum Gasteiger partial charge on any atom is -0.399 e. The molecule has 4 aromatic rings. The van der Waals surface area contributed by atoms with Crippen molar-refractivity contribution in [1.82, 2.24) is 0 Å². The SMILES string of the molecule is N#Cc1ccc2ccc3cc(N)cc4ccc1c2c34. The van der Waals surface area contributed by atoms with Crippen LogP contribution in [-0.2, 0) is 0 Å². The topological polar surface area (TPSA) is 49.8 Å². The van der Waals surface area contributed by atoms with Crippen molar-refractivity contribution < 1.29 is 0 Å². The Morgan fingerprint density at radius 1 is 0.789 bits per heavy atom. The van der Waals surface area contributed by atoms with E-state index in [0.717, 1.165) is 38.2 Å². The van der Waals surface area contributed by atoms with Crippen molar-refractivity contribution in [2.75, 3.05) is 5.73 Å². The van der Waals surface area contributed by atoms with Gasteiger partial charge in [0.05, 0.1) is 11.6 Å². The molecule has 0 fully saturated rings. The van der Waals surface area contributed by atoms with Gasteiger partial charge in [0.1, 0.15) is 0 Å². The maximum Gasteiger partial charge on any atom is 0.0998 e. The molecule has 4 aromatic carbocycles. The largest absolute Gasteiger partial charge is 0.399 e. The number of benzene rings is 4. The standard InChI is InChI=1S/C17H10N2/c18-9-13-4-2-10-1-3-11-7-14(19)8-12-5-6-15(13)17(10)16(11)12/h1-8H,19H2. The van der Waals surface area contributed by atoms with Gasteiger partial charge in [-0.2, -0.15) is 5.26 Å². The molecule has 0 aliphatic carbocycles. The highest BCUT2D eigenvalue weighted by molar-refractivity contribution is 6.24. The average molecular weight is 242 g/mol. The third-order valence-corrected chi connectivity index (χ3v) is 3.74. The lowest BCUT2D eigenvalue weighted by Gasteiger charge is -2.12. The van der Waals surface area contributed by atoms with Crippen LogP contribution in [0.15, 0.2) is 48.5 Å². The molecule has 0 aliphatic heterocycles.